The lowest BCUT2D eigenvalue weighted by Gasteiger charge is -2.26. The Balaban J connectivity index is 0.00000144. The minimum absolute atomic E-state index is 0. The molecule has 1 aliphatic heterocycles. The Kier molecular flexibility index (Phi) is 3.39. The van der Waals surface area contributed by atoms with Crippen molar-refractivity contribution in [3.63, 3.8) is 0 Å². The maximum absolute atomic E-state index is 10.9. The van der Waals surface area contributed by atoms with Gasteiger partial charge in [0.2, 0.25) is 0 Å². The average molecular weight is 208 g/mol. The molecule has 0 aromatic rings. The van der Waals surface area contributed by atoms with Gasteiger partial charge in [-0.3, -0.25) is 4.79 Å². The summed E-state index contributed by atoms with van der Waals surface area (Å²) < 4.78 is 0. The van der Waals surface area contributed by atoms with Gasteiger partial charge >= 0.3 is 5.97 Å². The molecule has 1 rings (SSSR count). The summed E-state index contributed by atoms with van der Waals surface area (Å²) in [4.78, 5) is 10.9. The highest BCUT2D eigenvalue weighted by Crippen LogP contribution is 2.35. The molecule has 0 radical (unpaired) electrons. The number of aliphatic carboxylic acids is 1. The zero-order valence-electron chi connectivity index (χ0n) is 8.55. The lowest BCUT2D eigenvalue weighted by molar-refractivity contribution is -0.143. The van der Waals surface area contributed by atoms with E-state index in [1.807, 2.05) is 27.7 Å². The number of carboxylic acid groups (broad SMARTS) is 1. The fraction of sp³-hybridized carbons (Fsp3) is 0.889. The van der Waals surface area contributed by atoms with Crippen LogP contribution in [0.2, 0.25) is 0 Å². The van der Waals surface area contributed by atoms with Crippen molar-refractivity contribution in [1.82, 2.24) is 5.32 Å². The van der Waals surface area contributed by atoms with Crippen LogP contribution in [0.5, 0.6) is 0 Å². The summed E-state index contributed by atoms with van der Waals surface area (Å²) in [6.07, 6.45) is 0.704. The first kappa shape index (κ1) is 12.7. The fourth-order valence-corrected chi connectivity index (χ4v) is 2.17. The van der Waals surface area contributed by atoms with Crippen LogP contribution in [0.1, 0.15) is 34.1 Å². The third-order valence-corrected chi connectivity index (χ3v) is 2.54. The first-order chi connectivity index (χ1) is 5.25. The number of carboxylic acids is 1. The molecule has 78 valence electrons. The molecule has 1 atom stereocenters. The predicted molar refractivity (Wildman–Crippen MR) is 54.3 cm³/mol. The van der Waals surface area contributed by atoms with E-state index in [1.165, 1.54) is 0 Å². The van der Waals surface area contributed by atoms with Gasteiger partial charge in [-0.2, -0.15) is 0 Å². The highest BCUT2D eigenvalue weighted by molar-refractivity contribution is 5.85. The van der Waals surface area contributed by atoms with Gasteiger partial charge in [0.25, 0.3) is 0 Å². The molecule has 1 saturated heterocycles. The van der Waals surface area contributed by atoms with Crippen molar-refractivity contribution < 1.29 is 9.90 Å². The predicted octanol–water partition coefficient (Wildman–Crippen LogP) is 1.66. The van der Waals surface area contributed by atoms with Gasteiger partial charge in [-0.15, -0.1) is 12.4 Å². The molecule has 13 heavy (non-hydrogen) atoms. The van der Waals surface area contributed by atoms with Crippen LogP contribution in [-0.2, 0) is 4.79 Å². The summed E-state index contributed by atoms with van der Waals surface area (Å²) in [5, 5.41) is 12.3. The van der Waals surface area contributed by atoms with Crippen LogP contribution in [0.3, 0.4) is 0 Å². The third kappa shape index (κ3) is 2.58. The highest BCUT2D eigenvalue weighted by atomic mass is 35.5. The van der Waals surface area contributed by atoms with E-state index in [9.17, 15) is 4.79 Å². The zero-order chi connectivity index (χ0) is 9.57. The van der Waals surface area contributed by atoms with Gasteiger partial charge in [0.1, 0.15) is 0 Å². The Bertz CT molecular complexity index is 214. The lowest BCUT2D eigenvalue weighted by Crippen LogP contribution is -2.46. The van der Waals surface area contributed by atoms with Crippen molar-refractivity contribution in [1.29, 1.82) is 0 Å². The summed E-state index contributed by atoms with van der Waals surface area (Å²) in [5.41, 5.74) is -0.331. The molecule has 3 nitrogen and oxygen atoms in total. The van der Waals surface area contributed by atoms with E-state index in [4.69, 9.17) is 5.11 Å². The number of nitrogens with one attached hydrogen (secondary N) is 1. The molecule has 0 bridgehead atoms. The van der Waals surface area contributed by atoms with E-state index in [2.05, 4.69) is 5.32 Å². The summed E-state index contributed by atoms with van der Waals surface area (Å²) in [7, 11) is 0. The van der Waals surface area contributed by atoms with E-state index >= 15 is 0 Å². The van der Waals surface area contributed by atoms with Crippen LogP contribution in [-0.4, -0.2) is 22.2 Å². The van der Waals surface area contributed by atoms with Gasteiger partial charge in [-0.25, -0.2) is 0 Å². The van der Waals surface area contributed by atoms with Gasteiger partial charge in [-0.1, -0.05) is 0 Å². The molecule has 1 unspecified atom stereocenters. The van der Waals surface area contributed by atoms with E-state index in [0.29, 0.717) is 6.42 Å². The van der Waals surface area contributed by atoms with Crippen LogP contribution in [0.4, 0.5) is 0 Å². The smallest absolute Gasteiger partial charge is 0.308 e. The van der Waals surface area contributed by atoms with E-state index in [-0.39, 0.29) is 29.4 Å². The fourth-order valence-electron chi connectivity index (χ4n) is 2.17. The molecule has 0 aromatic heterocycles. The highest BCUT2D eigenvalue weighted by Gasteiger charge is 2.47. The summed E-state index contributed by atoms with van der Waals surface area (Å²) in [6, 6.07) is 0. The number of hydrogen-bond acceptors (Lipinski definition) is 2. The molecule has 1 aliphatic rings. The van der Waals surface area contributed by atoms with Crippen LogP contribution in [0.25, 0.3) is 0 Å². The molecule has 0 aliphatic carbocycles. The molecule has 0 spiro atoms. The van der Waals surface area contributed by atoms with Crippen molar-refractivity contribution >= 4 is 18.4 Å². The average Bonchev–Trinajstić information content (AvgIpc) is 1.99. The van der Waals surface area contributed by atoms with Crippen molar-refractivity contribution in [2.75, 3.05) is 0 Å². The van der Waals surface area contributed by atoms with Crippen LogP contribution >= 0.6 is 12.4 Å². The van der Waals surface area contributed by atoms with Gasteiger partial charge in [-0.05, 0) is 34.1 Å². The van der Waals surface area contributed by atoms with Gasteiger partial charge in [0.05, 0.1) is 5.92 Å². The summed E-state index contributed by atoms with van der Waals surface area (Å²) in [6.45, 7) is 7.97. The second-order valence-electron chi connectivity index (χ2n) is 4.83. The molecule has 1 heterocycles. The Morgan fingerprint density at radius 3 is 2.00 bits per heavy atom. The maximum atomic E-state index is 10.9. The first-order valence-corrected chi connectivity index (χ1v) is 4.27. The maximum Gasteiger partial charge on any atom is 0.308 e. The van der Waals surface area contributed by atoms with Crippen molar-refractivity contribution in [2.45, 2.75) is 45.2 Å². The number of carbonyl (C=O) groups is 1. The molecule has 1 fully saturated rings. The first-order valence-electron chi connectivity index (χ1n) is 4.27. The van der Waals surface area contributed by atoms with E-state index < -0.39 is 5.97 Å². The molecular weight excluding hydrogens is 190 g/mol. The second-order valence-corrected chi connectivity index (χ2v) is 4.83. The van der Waals surface area contributed by atoms with Crippen LogP contribution < -0.4 is 5.32 Å². The molecule has 4 heteroatoms. The minimum Gasteiger partial charge on any atom is -0.481 e. The molecule has 0 saturated carbocycles. The van der Waals surface area contributed by atoms with E-state index in [1.54, 1.807) is 0 Å². The molecular formula is C9H18ClNO2. The third-order valence-electron chi connectivity index (χ3n) is 2.54. The topological polar surface area (TPSA) is 49.3 Å². The van der Waals surface area contributed by atoms with Crippen LogP contribution in [0, 0.1) is 5.92 Å². The number of rotatable bonds is 1. The number of hydrogen-bond donors (Lipinski definition) is 2. The molecule has 0 amide bonds. The van der Waals surface area contributed by atoms with E-state index in [0.717, 1.165) is 0 Å². The summed E-state index contributed by atoms with van der Waals surface area (Å²) in [5.74, 6) is -0.967. The summed E-state index contributed by atoms with van der Waals surface area (Å²) >= 11 is 0. The van der Waals surface area contributed by atoms with Gasteiger partial charge in [0.15, 0.2) is 0 Å². The quantitative estimate of drug-likeness (QED) is 0.688. The zero-order valence-corrected chi connectivity index (χ0v) is 9.36. The largest absolute Gasteiger partial charge is 0.481 e. The SMILES string of the molecule is CC1(C)CC(C(=O)O)C(C)(C)N1.Cl. The number of halogens is 1. The normalized spacial score (nSPS) is 29.4. The van der Waals surface area contributed by atoms with Gasteiger partial charge in [0, 0.05) is 11.1 Å². The van der Waals surface area contributed by atoms with Gasteiger partial charge < -0.3 is 10.4 Å². The van der Waals surface area contributed by atoms with Crippen molar-refractivity contribution in [3.8, 4) is 0 Å². The van der Waals surface area contributed by atoms with Crippen molar-refractivity contribution in [2.24, 2.45) is 5.92 Å². The standard InChI is InChI=1S/C9H17NO2.ClH/c1-8(2)5-6(7(11)12)9(3,4)10-8;/h6,10H,5H2,1-4H3,(H,11,12);1H. The Morgan fingerprint density at radius 2 is 1.85 bits per heavy atom. The molecule has 2 N–H and O–H groups in total. The van der Waals surface area contributed by atoms with Crippen LogP contribution in [0.15, 0.2) is 0 Å². The lowest BCUT2D eigenvalue weighted by atomic mass is 9.87. The Hall–Kier alpha value is -0.280. The Labute approximate surface area is 85.3 Å². The molecule has 0 aromatic carbocycles. The Morgan fingerprint density at radius 1 is 1.38 bits per heavy atom. The van der Waals surface area contributed by atoms with Crippen molar-refractivity contribution in [3.05, 3.63) is 0 Å². The minimum atomic E-state index is -0.696. The monoisotopic (exact) mass is 207 g/mol. The second kappa shape index (κ2) is 3.46.